The van der Waals surface area contributed by atoms with Gasteiger partial charge in [0.2, 0.25) is 0 Å². The number of likely N-dealkylation sites (tertiary alicyclic amines) is 1. The number of carbonyl (C=O) groups is 1. The number of ketones is 1. The van der Waals surface area contributed by atoms with E-state index in [1.165, 1.54) is 0 Å². The van der Waals surface area contributed by atoms with E-state index in [0.717, 1.165) is 43.9 Å². The molecule has 1 saturated heterocycles. The molecule has 18 heavy (non-hydrogen) atoms. The number of aromatic nitrogens is 2. The van der Waals surface area contributed by atoms with Crippen LogP contribution in [0.4, 0.5) is 0 Å². The van der Waals surface area contributed by atoms with E-state index in [4.69, 9.17) is 0 Å². The van der Waals surface area contributed by atoms with E-state index in [1.807, 2.05) is 26.2 Å². The Morgan fingerprint density at radius 1 is 1.44 bits per heavy atom. The third-order valence-corrected chi connectivity index (χ3v) is 3.55. The topological polar surface area (TPSA) is 46.1 Å². The number of carbonyl (C=O) groups excluding carboxylic acids is 1. The van der Waals surface area contributed by atoms with Crippen LogP contribution in [0.1, 0.15) is 37.6 Å². The van der Waals surface area contributed by atoms with Crippen LogP contribution in [0.2, 0.25) is 0 Å². The first-order chi connectivity index (χ1) is 8.69. The SMILES string of the molecule is CCC(=O)C1CCCN(Cc2cnc(C)nc2)C1. The lowest BCUT2D eigenvalue weighted by atomic mass is 9.92. The molecule has 0 spiro atoms. The van der Waals surface area contributed by atoms with Gasteiger partial charge in [-0.15, -0.1) is 0 Å². The Labute approximate surface area is 108 Å². The number of aryl methyl sites for hydroxylation is 1. The smallest absolute Gasteiger partial charge is 0.136 e. The minimum atomic E-state index is 0.232. The van der Waals surface area contributed by atoms with Gasteiger partial charge in [-0.2, -0.15) is 0 Å². The second-order valence-corrected chi connectivity index (χ2v) is 5.03. The van der Waals surface area contributed by atoms with Gasteiger partial charge >= 0.3 is 0 Å². The lowest BCUT2D eigenvalue weighted by Gasteiger charge is -2.31. The van der Waals surface area contributed by atoms with Crippen LogP contribution in [-0.4, -0.2) is 33.7 Å². The molecule has 1 atom stereocenters. The van der Waals surface area contributed by atoms with Crippen LogP contribution < -0.4 is 0 Å². The molecule has 1 aliphatic heterocycles. The zero-order chi connectivity index (χ0) is 13.0. The van der Waals surface area contributed by atoms with Gasteiger partial charge in [-0.1, -0.05) is 6.92 Å². The van der Waals surface area contributed by atoms with Gasteiger partial charge in [0.05, 0.1) is 0 Å². The minimum Gasteiger partial charge on any atom is -0.299 e. The molecule has 0 aliphatic carbocycles. The van der Waals surface area contributed by atoms with Crippen molar-refractivity contribution in [3.63, 3.8) is 0 Å². The summed E-state index contributed by atoms with van der Waals surface area (Å²) in [5.74, 6) is 1.44. The largest absolute Gasteiger partial charge is 0.299 e. The molecule has 0 aromatic carbocycles. The maximum atomic E-state index is 11.8. The summed E-state index contributed by atoms with van der Waals surface area (Å²) in [5, 5.41) is 0. The van der Waals surface area contributed by atoms with E-state index >= 15 is 0 Å². The standard InChI is InChI=1S/C14H21N3O/c1-3-14(18)13-5-4-6-17(10-13)9-12-7-15-11(2)16-8-12/h7-8,13H,3-6,9-10H2,1-2H3. The molecule has 4 nitrogen and oxygen atoms in total. The molecule has 0 amide bonds. The first kappa shape index (κ1) is 13.1. The van der Waals surface area contributed by atoms with Crippen molar-refractivity contribution in [2.75, 3.05) is 13.1 Å². The average Bonchev–Trinajstić information content (AvgIpc) is 2.41. The third-order valence-electron chi connectivity index (χ3n) is 3.55. The fraction of sp³-hybridized carbons (Fsp3) is 0.643. The van der Waals surface area contributed by atoms with E-state index < -0.39 is 0 Å². The Morgan fingerprint density at radius 3 is 2.83 bits per heavy atom. The summed E-state index contributed by atoms with van der Waals surface area (Å²) in [4.78, 5) is 22.5. The molecule has 2 heterocycles. The van der Waals surface area contributed by atoms with Gasteiger partial charge in [0, 0.05) is 43.4 Å². The van der Waals surface area contributed by atoms with Crippen molar-refractivity contribution in [2.45, 2.75) is 39.7 Å². The van der Waals surface area contributed by atoms with Crippen molar-refractivity contribution in [1.29, 1.82) is 0 Å². The van der Waals surface area contributed by atoms with Gasteiger partial charge in [-0.3, -0.25) is 9.69 Å². The zero-order valence-electron chi connectivity index (χ0n) is 11.2. The highest BCUT2D eigenvalue weighted by atomic mass is 16.1. The Bertz CT molecular complexity index is 402. The molecule has 1 aromatic heterocycles. The monoisotopic (exact) mass is 247 g/mol. The quantitative estimate of drug-likeness (QED) is 0.816. The maximum absolute atomic E-state index is 11.8. The molecular formula is C14H21N3O. The summed E-state index contributed by atoms with van der Waals surface area (Å²) in [6.07, 6.45) is 6.59. The molecule has 2 rings (SSSR count). The Kier molecular flexibility index (Phi) is 4.42. The lowest BCUT2D eigenvalue weighted by molar-refractivity contribution is -0.124. The lowest BCUT2D eigenvalue weighted by Crippen LogP contribution is -2.38. The van der Waals surface area contributed by atoms with Gasteiger partial charge < -0.3 is 0 Å². The van der Waals surface area contributed by atoms with E-state index in [-0.39, 0.29) is 5.92 Å². The molecule has 4 heteroatoms. The van der Waals surface area contributed by atoms with Gasteiger partial charge in [0.25, 0.3) is 0 Å². The van der Waals surface area contributed by atoms with Crippen LogP contribution in [0.15, 0.2) is 12.4 Å². The van der Waals surface area contributed by atoms with Gasteiger partial charge in [0.15, 0.2) is 0 Å². The number of hydrogen-bond acceptors (Lipinski definition) is 4. The van der Waals surface area contributed by atoms with Crippen LogP contribution in [0.5, 0.6) is 0 Å². The van der Waals surface area contributed by atoms with E-state index in [0.29, 0.717) is 12.2 Å². The molecule has 1 fully saturated rings. The first-order valence-corrected chi connectivity index (χ1v) is 6.71. The number of nitrogens with zero attached hydrogens (tertiary/aromatic N) is 3. The van der Waals surface area contributed by atoms with Crippen molar-refractivity contribution in [3.05, 3.63) is 23.8 Å². The number of rotatable bonds is 4. The highest BCUT2D eigenvalue weighted by molar-refractivity contribution is 5.80. The van der Waals surface area contributed by atoms with Crippen molar-refractivity contribution in [2.24, 2.45) is 5.92 Å². The molecule has 1 aromatic rings. The van der Waals surface area contributed by atoms with Crippen LogP contribution in [0.25, 0.3) is 0 Å². The van der Waals surface area contributed by atoms with E-state index in [2.05, 4.69) is 14.9 Å². The summed E-state index contributed by atoms with van der Waals surface area (Å²) in [6, 6.07) is 0. The van der Waals surface area contributed by atoms with Crippen LogP contribution in [0, 0.1) is 12.8 Å². The highest BCUT2D eigenvalue weighted by Crippen LogP contribution is 2.20. The van der Waals surface area contributed by atoms with E-state index in [1.54, 1.807) is 0 Å². The zero-order valence-corrected chi connectivity index (χ0v) is 11.2. The Morgan fingerprint density at radius 2 is 2.17 bits per heavy atom. The van der Waals surface area contributed by atoms with Crippen molar-refractivity contribution in [3.8, 4) is 0 Å². The predicted molar refractivity (Wildman–Crippen MR) is 70.1 cm³/mol. The van der Waals surface area contributed by atoms with Crippen molar-refractivity contribution in [1.82, 2.24) is 14.9 Å². The summed E-state index contributed by atoms with van der Waals surface area (Å²) in [7, 11) is 0. The third kappa shape index (κ3) is 3.35. The predicted octanol–water partition coefficient (Wildman–Crippen LogP) is 1.98. The molecule has 1 unspecified atom stereocenters. The summed E-state index contributed by atoms with van der Waals surface area (Å²) in [5.41, 5.74) is 1.13. The summed E-state index contributed by atoms with van der Waals surface area (Å²) in [6.45, 7) is 6.66. The van der Waals surface area contributed by atoms with Gasteiger partial charge in [0.1, 0.15) is 11.6 Å². The van der Waals surface area contributed by atoms with Crippen LogP contribution in [-0.2, 0) is 11.3 Å². The number of hydrogen-bond donors (Lipinski definition) is 0. The Balaban J connectivity index is 1.93. The molecule has 1 aliphatic rings. The van der Waals surface area contributed by atoms with Gasteiger partial charge in [-0.25, -0.2) is 9.97 Å². The second-order valence-electron chi connectivity index (χ2n) is 5.03. The Hall–Kier alpha value is -1.29. The highest BCUT2D eigenvalue weighted by Gasteiger charge is 2.24. The van der Waals surface area contributed by atoms with E-state index in [9.17, 15) is 4.79 Å². The number of piperidine rings is 1. The van der Waals surface area contributed by atoms with Crippen LogP contribution in [0.3, 0.4) is 0 Å². The molecule has 0 N–H and O–H groups in total. The second kappa shape index (κ2) is 6.05. The first-order valence-electron chi connectivity index (χ1n) is 6.71. The van der Waals surface area contributed by atoms with Crippen molar-refractivity contribution >= 4 is 5.78 Å². The molecular weight excluding hydrogens is 226 g/mol. The fourth-order valence-electron chi connectivity index (χ4n) is 2.51. The number of Topliss-reactive ketones (excluding diaryl/α,β-unsaturated/α-hetero) is 1. The van der Waals surface area contributed by atoms with Crippen molar-refractivity contribution < 1.29 is 4.79 Å². The average molecular weight is 247 g/mol. The summed E-state index contributed by atoms with van der Waals surface area (Å²) < 4.78 is 0. The molecule has 0 radical (unpaired) electrons. The fourth-order valence-corrected chi connectivity index (χ4v) is 2.51. The van der Waals surface area contributed by atoms with Crippen LogP contribution >= 0.6 is 0 Å². The molecule has 0 bridgehead atoms. The van der Waals surface area contributed by atoms with Gasteiger partial charge in [-0.05, 0) is 26.3 Å². The maximum Gasteiger partial charge on any atom is 0.136 e. The molecule has 0 saturated carbocycles. The normalized spacial score (nSPS) is 20.9. The minimum absolute atomic E-state index is 0.232. The summed E-state index contributed by atoms with van der Waals surface area (Å²) >= 11 is 0. The molecule has 98 valence electrons.